The fraction of sp³-hybridized carbons (Fsp3) is 0.533. The zero-order chi connectivity index (χ0) is 14.7. The van der Waals surface area contributed by atoms with Gasteiger partial charge in [-0.3, -0.25) is 0 Å². The molecule has 1 unspecified atom stereocenters. The number of ether oxygens (including phenoxy) is 1. The second kappa shape index (κ2) is 6.13. The summed E-state index contributed by atoms with van der Waals surface area (Å²) in [4.78, 5) is 16.4. The molecule has 0 bridgehead atoms. The van der Waals surface area contributed by atoms with Crippen LogP contribution in [0.25, 0.3) is 0 Å². The highest BCUT2D eigenvalue weighted by Gasteiger charge is 2.24. The average molecular weight is 277 g/mol. The van der Waals surface area contributed by atoms with Crippen LogP contribution in [0.2, 0.25) is 0 Å². The Labute approximate surface area is 120 Å². The number of nitrogens with two attached hydrogens (primary N) is 1. The molecule has 1 aromatic rings. The van der Waals surface area contributed by atoms with Crippen molar-refractivity contribution in [2.45, 2.75) is 18.9 Å². The van der Waals surface area contributed by atoms with Crippen molar-refractivity contribution < 1.29 is 9.53 Å². The maximum atomic E-state index is 11.9. The predicted octanol–water partition coefficient (Wildman–Crippen LogP) is 1.59. The van der Waals surface area contributed by atoms with Crippen LogP contribution in [-0.2, 0) is 4.74 Å². The molecular weight excluding hydrogens is 254 g/mol. The zero-order valence-electron chi connectivity index (χ0n) is 12.4. The lowest BCUT2D eigenvalue weighted by atomic mass is 10.1. The number of nitrogens with zero attached hydrogens (tertiary/aromatic N) is 2. The third kappa shape index (κ3) is 3.04. The largest absolute Gasteiger partial charge is 0.465 e. The molecule has 0 saturated carbocycles. The van der Waals surface area contributed by atoms with Crippen molar-refractivity contribution in [1.29, 1.82) is 0 Å². The lowest BCUT2D eigenvalue weighted by Crippen LogP contribution is -2.37. The molecule has 2 N–H and O–H groups in total. The molecule has 1 atom stereocenters. The molecule has 0 aliphatic carbocycles. The molecule has 5 heteroatoms. The first kappa shape index (κ1) is 14.7. The molecule has 0 amide bonds. The Kier molecular flexibility index (Phi) is 4.49. The molecule has 2 rings (SSSR count). The van der Waals surface area contributed by atoms with Gasteiger partial charge in [0.2, 0.25) is 0 Å². The number of methoxy groups -OCH3 is 1. The van der Waals surface area contributed by atoms with Crippen LogP contribution >= 0.6 is 0 Å². The summed E-state index contributed by atoms with van der Waals surface area (Å²) in [5.41, 5.74) is 7.73. The van der Waals surface area contributed by atoms with Crippen LogP contribution in [0.5, 0.6) is 0 Å². The molecule has 0 spiro atoms. The number of likely N-dealkylation sites (N-methyl/N-ethyl adjacent to an activating group) is 2. The van der Waals surface area contributed by atoms with Gasteiger partial charge >= 0.3 is 5.97 Å². The number of carbonyl (C=O) groups is 1. The van der Waals surface area contributed by atoms with E-state index in [-0.39, 0.29) is 5.97 Å². The lowest BCUT2D eigenvalue weighted by molar-refractivity contribution is 0.0601. The normalized spacial score (nSPS) is 19.1. The number of hydrogen-bond donors (Lipinski definition) is 1. The number of esters is 1. The lowest BCUT2D eigenvalue weighted by Gasteiger charge is -2.28. The molecule has 1 saturated heterocycles. The first-order valence-electron chi connectivity index (χ1n) is 6.92. The summed E-state index contributed by atoms with van der Waals surface area (Å²) >= 11 is 0. The number of likely N-dealkylation sites (tertiary alicyclic amines) is 1. The minimum atomic E-state index is -0.348. The van der Waals surface area contributed by atoms with Crippen molar-refractivity contribution in [3.05, 3.63) is 23.8 Å². The summed E-state index contributed by atoms with van der Waals surface area (Å²) in [5, 5.41) is 0. The van der Waals surface area contributed by atoms with Crippen LogP contribution < -0.4 is 10.6 Å². The van der Waals surface area contributed by atoms with Gasteiger partial charge in [-0.2, -0.15) is 0 Å². The van der Waals surface area contributed by atoms with Gasteiger partial charge in [-0.05, 0) is 44.6 Å². The molecule has 1 aliphatic heterocycles. The fourth-order valence-electron chi connectivity index (χ4n) is 2.78. The molecule has 110 valence electrons. The van der Waals surface area contributed by atoms with Crippen molar-refractivity contribution in [3.8, 4) is 0 Å². The minimum absolute atomic E-state index is 0.348. The van der Waals surface area contributed by atoms with Gasteiger partial charge in [0.05, 0.1) is 18.4 Å². The van der Waals surface area contributed by atoms with Crippen LogP contribution in [0, 0.1) is 0 Å². The van der Waals surface area contributed by atoms with Crippen molar-refractivity contribution in [2.75, 3.05) is 44.9 Å². The van der Waals surface area contributed by atoms with E-state index in [1.54, 1.807) is 6.07 Å². The van der Waals surface area contributed by atoms with E-state index in [2.05, 4.69) is 16.8 Å². The zero-order valence-corrected chi connectivity index (χ0v) is 12.4. The maximum Gasteiger partial charge on any atom is 0.340 e. The number of hydrogen-bond acceptors (Lipinski definition) is 5. The molecular formula is C15H23N3O2. The first-order valence-corrected chi connectivity index (χ1v) is 6.92. The van der Waals surface area contributed by atoms with Crippen LogP contribution in [0.3, 0.4) is 0 Å². The van der Waals surface area contributed by atoms with E-state index >= 15 is 0 Å². The number of nitrogen functional groups attached to an aromatic ring is 1. The summed E-state index contributed by atoms with van der Waals surface area (Å²) in [6.45, 7) is 2.04. The summed E-state index contributed by atoms with van der Waals surface area (Å²) in [5.74, 6) is -0.348. The van der Waals surface area contributed by atoms with E-state index in [0.717, 1.165) is 18.8 Å². The molecule has 0 radical (unpaired) electrons. The Hall–Kier alpha value is -1.75. The van der Waals surface area contributed by atoms with Gasteiger partial charge < -0.3 is 20.3 Å². The molecule has 1 fully saturated rings. The summed E-state index contributed by atoms with van der Waals surface area (Å²) in [6.07, 6.45) is 2.43. The molecule has 20 heavy (non-hydrogen) atoms. The number of benzene rings is 1. The van der Waals surface area contributed by atoms with Crippen LogP contribution in [-0.4, -0.2) is 51.2 Å². The van der Waals surface area contributed by atoms with Crippen LogP contribution in [0.15, 0.2) is 18.2 Å². The average Bonchev–Trinajstić information content (AvgIpc) is 2.83. The van der Waals surface area contributed by atoms with E-state index in [4.69, 9.17) is 10.5 Å². The van der Waals surface area contributed by atoms with Gasteiger partial charge in [0.15, 0.2) is 0 Å². The predicted molar refractivity (Wildman–Crippen MR) is 81.1 cm³/mol. The topological polar surface area (TPSA) is 58.8 Å². The van der Waals surface area contributed by atoms with Gasteiger partial charge in [-0.15, -0.1) is 0 Å². The fourth-order valence-corrected chi connectivity index (χ4v) is 2.78. The number of carbonyl (C=O) groups excluding carboxylic acids is 1. The van der Waals surface area contributed by atoms with Crippen molar-refractivity contribution in [2.24, 2.45) is 0 Å². The third-order valence-electron chi connectivity index (χ3n) is 3.99. The Balaban J connectivity index is 2.20. The Bertz CT molecular complexity index is 490. The first-order chi connectivity index (χ1) is 9.52. The molecule has 1 heterocycles. The second-order valence-electron chi connectivity index (χ2n) is 5.43. The molecule has 5 nitrogen and oxygen atoms in total. The Morgan fingerprint density at radius 1 is 1.55 bits per heavy atom. The van der Waals surface area contributed by atoms with Gasteiger partial charge in [0.25, 0.3) is 0 Å². The quantitative estimate of drug-likeness (QED) is 0.669. The number of anilines is 2. The smallest absolute Gasteiger partial charge is 0.340 e. The van der Waals surface area contributed by atoms with Crippen LogP contribution in [0.4, 0.5) is 11.4 Å². The number of rotatable bonds is 4. The summed E-state index contributed by atoms with van der Waals surface area (Å²) < 4.78 is 4.84. The van der Waals surface area contributed by atoms with Gasteiger partial charge in [-0.25, -0.2) is 4.79 Å². The van der Waals surface area contributed by atoms with Crippen molar-refractivity contribution in [1.82, 2.24) is 4.90 Å². The third-order valence-corrected chi connectivity index (χ3v) is 3.99. The van der Waals surface area contributed by atoms with Crippen molar-refractivity contribution in [3.63, 3.8) is 0 Å². The van der Waals surface area contributed by atoms with Crippen LogP contribution in [0.1, 0.15) is 23.2 Å². The highest BCUT2D eigenvalue weighted by Crippen LogP contribution is 2.25. The monoisotopic (exact) mass is 277 g/mol. The SMILES string of the molecule is COC(=O)c1cc(N)ccc1N(C)CC1CCCN1C. The molecule has 1 aromatic carbocycles. The van der Waals surface area contributed by atoms with Gasteiger partial charge in [-0.1, -0.05) is 0 Å². The second-order valence-corrected chi connectivity index (χ2v) is 5.43. The Morgan fingerprint density at radius 3 is 2.90 bits per heavy atom. The standard InChI is InChI=1S/C15H23N3O2/c1-17-8-4-5-12(17)10-18(2)14-7-6-11(16)9-13(14)15(19)20-3/h6-7,9,12H,4-5,8,10,16H2,1-3H3. The van der Waals surface area contributed by atoms with E-state index < -0.39 is 0 Å². The van der Waals surface area contributed by atoms with Gasteiger partial charge in [0.1, 0.15) is 0 Å². The molecule has 1 aliphatic rings. The summed E-state index contributed by atoms with van der Waals surface area (Å²) in [7, 11) is 5.54. The highest BCUT2D eigenvalue weighted by molar-refractivity contribution is 5.96. The summed E-state index contributed by atoms with van der Waals surface area (Å²) in [6, 6.07) is 5.91. The van der Waals surface area contributed by atoms with E-state index in [0.29, 0.717) is 17.3 Å². The molecule has 0 aromatic heterocycles. The maximum absolute atomic E-state index is 11.9. The van der Waals surface area contributed by atoms with E-state index in [9.17, 15) is 4.79 Å². The Morgan fingerprint density at radius 2 is 2.30 bits per heavy atom. The van der Waals surface area contributed by atoms with Crippen molar-refractivity contribution >= 4 is 17.3 Å². The van der Waals surface area contributed by atoms with E-state index in [1.807, 2.05) is 19.2 Å². The highest BCUT2D eigenvalue weighted by atomic mass is 16.5. The van der Waals surface area contributed by atoms with Gasteiger partial charge in [0, 0.05) is 25.3 Å². The minimum Gasteiger partial charge on any atom is -0.465 e. The van der Waals surface area contributed by atoms with E-state index in [1.165, 1.54) is 20.0 Å².